The first-order chi connectivity index (χ1) is 7.99. The van der Waals surface area contributed by atoms with Crippen molar-refractivity contribution in [1.29, 1.82) is 0 Å². The molecule has 0 spiro atoms. The Bertz CT molecular complexity index is 436. The molecule has 0 saturated carbocycles. The van der Waals surface area contributed by atoms with E-state index in [9.17, 15) is 9.59 Å². The largest absolute Gasteiger partial charge is 0.478 e. The van der Waals surface area contributed by atoms with Crippen LogP contribution in [0.1, 0.15) is 5.56 Å². The second-order valence-corrected chi connectivity index (χ2v) is 3.62. The highest BCUT2D eigenvalue weighted by Gasteiger charge is 2.02. The third-order valence-corrected chi connectivity index (χ3v) is 1.99. The molecule has 0 saturated heterocycles. The lowest BCUT2D eigenvalue weighted by atomic mass is 10.2. The number of hydrogen-bond donors (Lipinski definition) is 2. The maximum atomic E-state index is 11.3. The molecule has 5 nitrogen and oxygen atoms in total. The van der Waals surface area contributed by atoms with E-state index in [2.05, 4.69) is 5.32 Å². The normalized spacial score (nSPS) is 10.2. The summed E-state index contributed by atoms with van der Waals surface area (Å²) >= 11 is 0. The van der Waals surface area contributed by atoms with E-state index in [-0.39, 0.29) is 6.03 Å². The topological polar surface area (TPSA) is 69.6 Å². The van der Waals surface area contributed by atoms with Gasteiger partial charge in [0.2, 0.25) is 0 Å². The Labute approximate surface area is 99.4 Å². The summed E-state index contributed by atoms with van der Waals surface area (Å²) in [6.45, 7) is 0. The van der Waals surface area contributed by atoms with Gasteiger partial charge in [0.05, 0.1) is 0 Å². The Morgan fingerprint density at radius 1 is 1.24 bits per heavy atom. The maximum absolute atomic E-state index is 11.3. The van der Waals surface area contributed by atoms with E-state index in [4.69, 9.17) is 5.11 Å². The number of carbonyl (C=O) groups excluding carboxylic acids is 1. The van der Waals surface area contributed by atoms with Gasteiger partial charge in [0.15, 0.2) is 0 Å². The van der Waals surface area contributed by atoms with Crippen LogP contribution in [0.2, 0.25) is 0 Å². The lowest BCUT2D eigenvalue weighted by Crippen LogP contribution is -2.27. The van der Waals surface area contributed by atoms with Crippen molar-refractivity contribution in [3.05, 3.63) is 35.9 Å². The number of urea groups is 1. The number of nitrogens with one attached hydrogen (secondary N) is 1. The van der Waals surface area contributed by atoms with Gasteiger partial charge in [-0.25, -0.2) is 9.59 Å². The van der Waals surface area contributed by atoms with Gasteiger partial charge in [-0.2, -0.15) is 0 Å². The molecule has 1 aromatic rings. The minimum atomic E-state index is -0.991. The first-order valence-electron chi connectivity index (χ1n) is 4.98. The van der Waals surface area contributed by atoms with Crippen LogP contribution in [0.25, 0.3) is 6.08 Å². The Morgan fingerprint density at radius 2 is 1.82 bits per heavy atom. The van der Waals surface area contributed by atoms with Crippen molar-refractivity contribution in [3.8, 4) is 0 Å². The number of rotatable bonds is 3. The smallest absolute Gasteiger partial charge is 0.328 e. The Kier molecular flexibility index (Phi) is 4.28. The van der Waals surface area contributed by atoms with E-state index < -0.39 is 5.97 Å². The molecule has 0 unspecified atom stereocenters. The van der Waals surface area contributed by atoms with Crippen LogP contribution >= 0.6 is 0 Å². The molecule has 17 heavy (non-hydrogen) atoms. The number of benzene rings is 1. The highest BCUT2D eigenvalue weighted by Crippen LogP contribution is 2.11. The molecule has 0 aromatic heterocycles. The van der Waals surface area contributed by atoms with Crippen molar-refractivity contribution in [2.45, 2.75) is 0 Å². The predicted octanol–water partition coefficient (Wildman–Crippen LogP) is 1.88. The first-order valence-corrected chi connectivity index (χ1v) is 4.98. The van der Waals surface area contributed by atoms with Gasteiger partial charge in [-0.05, 0) is 23.8 Å². The molecule has 0 atom stereocenters. The van der Waals surface area contributed by atoms with Gasteiger partial charge in [0.1, 0.15) is 0 Å². The minimum Gasteiger partial charge on any atom is -0.478 e. The summed E-state index contributed by atoms with van der Waals surface area (Å²) in [6.07, 6.45) is 2.55. The Balaban J connectivity index is 2.68. The summed E-state index contributed by atoms with van der Waals surface area (Å²) in [4.78, 5) is 23.1. The molecule has 2 N–H and O–H groups in total. The van der Waals surface area contributed by atoms with Crippen LogP contribution < -0.4 is 5.32 Å². The fourth-order valence-electron chi connectivity index (χ4n) is 1.08. The van der Waals surface area contributed by atoms with Crippen LogP contribution in [-0.4, -0.2) is 36.1 Å². The number of nitrogens with zero attached hydrogens (tertiary/aromatic N) is 1. The molecule has 0 bridgehead atoms. The fourth-order valence-corrected chi connectivity index (χ4v) is 1.08. The predicted molar refractivity (Wildman–Crippen MR) is 65.8 cm³/mol. The number of amides is 2. The molecular weight excluding hydrogens is 220 g/mol. The molecule has 0 aliphatic rings. The Morgan fingerprint density at radius 3 is 2.29 bits per heavy atom. The molecule has 1 rings (SSSR count). The SMILES string of the molecule is CN(C)C(=O)Nc1ccc(C=CC(=O)O)cc1. The lowest BCUT2D eigenvalue weighted by molar-refractivity contribution is -0.131. The molecule has 0 aliphatic heterocycles. The molecule has 0 fully saturated rings. The van der Waals surface area contributed by atoms with E-state index in [0.29, 0.717) is 5.69 Å². The highest BCUT2D eigenvalue weighted by atomic mass is 16.4. The number of anilines is 1. The molecule has 0 aliphatic carbocycles. The first kappa shape index (κ1) is 12.8. The van der Waals surface area contributed by atoms with Crippen molar-refractivity contribution in [1.82, 2.24) is 4.90 Å². The molecule has 5 heteroatoms. The summed E-state index contributed by atoms with van der Waals surface area (Å²) < 4.78 is 0. The highest BCUT2D eigenvalue weighted by molar-refractivity contribution is 5.89. The van der Waals surface area contributed by atoms with Crippen molar-refractivity contribution in [2.75, 3.05) is 19.4 Å². The fraction of sp³-hybridized carbons (Fsp3) is 0.167. The van der Waals surface area contributed by atoms with E-state index >= 15 is 0 Å². The number of carboxylic acid groups (broad SMARTS) is 1. The summed E-state index contributed by atoms with van der Waals surface area (Å²) in [5.41, 5.74) is 1.42. The second-order valence-electron chi connectivity index (χ2n) is 3.62. The standard InChI is InChI=1S/C12H14N2O3/c1-14(2)12(17)13-10-6-3-9(4-7-10)5-8-11(15)16/h3-8H,1-2H3,(H,13,17)(H,15,16). The van der Waals surface area contributed by atoms with Gasteiger partial charge in [-0.3, -0.25) is 0 Å². The van der Waals surface area contributed by atoms with Gasteiger partial charge in [-0.1, -0.05) is 12.1 Å². The van der Waals surface area contributed by atoms with Crippen molar-refractivity contribution >= 4 is 23.8 Å². The molecule has 0 radical (unpaired) electrons. The third kappa shape index (κ3) is 4.38. The van der Waals surface area contributed by atoms with Gasteiger partial charge in [-0.15, -0.1) is 0 Å². The van der Waals surface area contributed by atoms with Crippen molar-refractivity contribution in [3.63, 3.8) is 0 Å². The van der Waals surface area contributed by atoms with Crippen LogP contribution in [0.3, 0.4) is 0 Å². The van der Waals surface area contributed by atoms with Gasteiger partial charge >= 0.3 is 12.0 Å². The van der Waals surface area contributed by atoms with Gasteiger partial charge in [0, 0.05) is 25.9 Å². The van der Waals surface area contributed by atoms with Crippen LogP contribution in [-0.2, 0) is 4.79 Å². The van der Waals surface area contributed by atoms with E-state index in [0.717, 1.165) is 11.6 Å². The summed E-state index contributed by atoms with van der Waals surface area (Å²) in [5.74, 6) is -0.991. The van der Waals surface area contributed by atoms with E-state index in [1.807, 2.05) is 0 Å². The van der Waals surface area contributed by atoms with Crippen LogP contribution in [0.15, 0.2) is 30.3 Å². The third-order valence-electron chi connectivity index (χ3n) is 1.99. The minimum absolute atomic E-state index is 0.209. The van der Waals surface area contributed by atoms with Crippen molar-refractivity contribution < 1.29 is 14.7 Å². The second kappa shape index (κ2) is 5.69. The lowest BCUT2D eigenvalue weighted by Gasteiger charge is -2.11. The number of carboxylic acids is 1. The zero-order valence-corrected chi connectivity index (χ0v) is 9.68. The van der Waals surface area contributed by atoms with Crippen LogP contribution in [0.5, 0.6) is 0 Å². The number of aliphatic carboxylic acids is 1. The molecular formula is C12H14N2O3. The van der Waals surface area contributed by atoms with Gasteiger partial charge < -0.3 is 15.3 Å². The Hall–Kier alpha value is -2.30. The monoisotopic (exact) mass is 234 g/mol. The number of hydrogen-bond acceptors (Lipinski definition) is 2. The van der Waals surface area contributed by atoms with E-state index in [1.54, 1.807) is 38.4 Å². The maximum Gasteiger partial charge on any atom is 0.328 e. The average Bonchev–Trinajstić information content (AvgIpc) is 2.28. The van der Waals surface area contributed by atoms with Crippen LogP contribution in [0.4, 0.5) is 10.5 Å². The summed E-state index contributed by atoms with van der Waals surface area (Å²) in [5, 5.41) is 11.1. The molecule has 0 heterocycles. The van der Waals surface area contributed by atoms with Gasteiger partial charge in [0.25, 0.3) is 0 Å². The molecule has 2 amide bonds. The quantitative estimate of drug-likeness (QED) is 0.784. The van der Waals surface area contributed by atoms with Crippen LogP contribution in [0, 0.1) is 0 Å². The molecule has 90 valence electrons. The molecule has 1 aromatic carbocycles. The summed E-state index contributed by atoms with van der Waals surface area (Å²) in [7, 11) is 3.30. The zero-order valence-electron chi connectivity index (χ0n) is 9.68. The van der Waals surface area contributed by atoms with E-state index in [1.165, 1.54) is 11.0 Å². The number of carbonyl (C=O) groups is 2. The summed E-state index contributed by atoms with van der Waals surface area (Å²) in [6, 6.07) is 6.67. The van der Waals surface area contributed by atoms with Crippen molar-refractivity contribution in [2.24, 2.45) is 0 Å². The average molecular weight is 234 g/mol. The zero-order chi connectivity index (χ0) is 12.8.